The van der Waals surface area contributed by atoms with Gasteiger partial charge in [-0.05, 0) is 43.3 Å². The number of halogens is 1. The van der Waals surface area contributed by atoms with Crippen LogP contribution in [0.5, 0.6) is 5.75 Å². The summed E-state index contributed by atoms with van der Waals surface area (Å²) >= 11 is 1.48. The van der Waals surface area contributed by atoms with E-state index in [4.69, 9.17) is 4.74 Å². The smallest absolute Gasteiger partial charge is 0.238 e. The lowest BCUT2D eigenvalue weighted by atomic mass is 10.1. The number of carbonyl (C=O) groups is 3. The summed E-state index contributed by atoms with van der Waals surface area (Å²) in [6.07, 6.45) is 0. The van der Waals surface area contributed by atoms with Crippen LogP contribution in [0.15, 0.2) is 42.5 Å². The van der Waals surface area contributed by atoms with Gasteiger partial charge in [0.05, 0.1) is 19.4 Å². The molecule has 1 aliphatic heterocycles. The Hall–Kier alpha value is -2.91. The van der Waals surface area contributed by atoms with E-state index < -0.39 is 5.82 Å². The summed E-state index contributed by atoms with van der Waals surface area (Å²) in [4.78, 5) is 40.2. The number of piperazine rings is 1. The molecule has 0 atom stereocenters. The summed E-state index contributed by atoms with van der Waals surface area (Å²) in [6, 6.07) is 11.1. The lowest BCUT2D eigenvalue weighted by Gasteiger charge is -2.34. The fraction of sp³-hybridized carbons (Fsp3) is 0.375. The van der Waals surface area contributed by atoms with Crippen molar-refractivity contribution in [3.8, 4) is 5.75 Å². The highest BCUT2D eigenvalue weighted by molar-refractivity contribution is 7.99. The highest BCUT2D eigenvalue weighted by Crippen LogP contribution is 2.25. The molecule has 1 aliphatic rings. The number of ketones is 1. The molecule has 7 nitrogen and oxygen atoms in total. The molecule has 0 spiro atoms. The Balaban J connectivity index is 1.41. The zero-order chi connectivity index (χ0) is 23.8. The van der Waals surface area contributed by atoms with Gasteiger partial charge in [-0.3, -0.25) is 19.3 Å². The molecule has 176 valence electrons. The van der Waals surface area contributed by atoms with Crippen molar-refractivity contribution in [1.29, 1.82) is 0 Å². The average Bonchev–Trinajstić information content (AvgIpc) is 2.79. The molecular weight excluding hydrogens is 445 g/mol. The van der Waals surface area contributed by atoms with Crippen LogP contribution in [-0.4, -0.2) is 73.0 Å². The predicted octanol–water partition coefficient (Wildman–Crippen LogP) is 3.05. The quantitative estimate of drug-likeness (QED) is 0.564. The van der Waals surface area contributed by atoms with Crippen molar-refractivity contribution in [1.82, 2.24) is 9.80 Å². The number of methoxy groups -OCH3 is 1. The molecule has 0 bridgehead atoms. The minimum absolute atomic E-state index is 0.0116. The first-order valence-electron chi connectivity index (χ1n) is 10.7. The number of amides is 2. The van der Waals surface area contributed by atoms with Crippen LogP contribution >= 0.6 is 11.8 Å². The van der Waals surface area contributed by atoms with Gasteiger partial charge >= 0.3 is 0 Å². The van der Waals surface area contributed by atoms with Crippen LogP contribution in [0.4, 0.5) is 10.1 Å². The summed E-state index contributed by atoms with van der Waals surface area (Å²) < 4.78 is 18.6. The minimum atomic E-state index is -0.400. The molecule has 0 unspecified atom stereocenters. The molecule has 33 heavy (non-hydrogen) atoms. The Bertz CT molecular complexity index is 1010. The molecule has 2 amide bonds. The molecule has 2 aromatic carbocycles. The van der Waals surface area contributed by atoms with Crippen LogP contribution < -0.4 is 10.1 Å². The number of hydrogen-bond donors (Lipinski definition) is 1. The van der Waals surface area contributed by atoms with Crippen molar-refractivity contribution in [2.45, 2.75) is 12.7 Å². The maximum Gasteiger partial charge on any atom is 0.238 e. The SMILES string of the molecule is COc1ccc(C(C)=O)cc1CSCC(=O)N1CCN(CC(=O)Nc2cccc(F)c2)CC1. The Morgan fingerprint density at radius 2 is 1.85 bits per heavy atom. The van der Waals surface area contributed by atoms with Crippen LogP contribution in [0.3, 0.4) is 0 Å². The largest absolute Gasteiger partial charge is 0.496 e. The molecule has 0 aliphatic carbocycles. The van der Waals surface area contributed by atoms with Gasteiger partial charge in [-0.25, -0.2) is 4.39 Å². The molecule has 3 rings (SSSR count). The van der Waals surface area contributed by atoms with Gasteiger partial charge in [-0.15, -0.1) is 11.8 Å². The summed E-state index contributed by atoms with van der Waals surface area (Å²) in [7, 11) is 1.58. The van der Waals surface area contributed by atoms with Gasteiger partial charge in [-0.2, -0.15) is 0 Å². The second kappa shape index (κ2) is 11.8. The van der Waals surface area contributed by atoms with E-state index >= 15 is 0 Å². The van der Waals surface area contributed by atoms with Crippen LogP contribution in [0.2, 0.25) is 0 Å². The van der Waals surface area contributed by atoms with Crippen molar-refractivity contribution >= 4 is 35.0 Å². The van der Waals surface area contributed by atoms with Gasteiger partial charge in [0.25, 0.3) is 0 Å². The van der Waals surface area contributed by atoms with Gasteiger partial charge in [0.15, 0.2) is 5.78 Å². The number of anilines is 1. The number of rotatable bonds is 9. The summed E-state index contributed by atoms with van der Waals surface area (Å²) in [5.41, 5.74) is 1.93. The number of nitrogens with one attached hydrogen (secondary N) is 1. The van der Waals surface area contributed by atoms with E-state index in [1.807, 2.05) is 11.0 Å². The van der Waals surface area contributed by atoms with Crippen LogP contribution in [0.1, 0.15) is 22.8 Å². The second-order valence-electron chi connectivity index (χ2n) is 7.79. The highest BCUT2D eigenvalue weighted by Gasteiger charge is 2.22. The maximum atomic E-state index is 13.2. The first-order chi connectivity index (χ1) is 15.9. The zero-order valence-electron chi connectivity index (χ0n) is 18.8. The third-order valence-corrected chi connectivity index (χ3v) is 6.34. The van der Waals surface area contributed by atoms with Gasteiger partial charge in [0.2, 0.25) is 11.8 Å². The third kappa shape index (κ3) is 7.30. The molecule has 0 radical (unpaired) electrons. The Labute approximate surface area is 197 Å². The second-order valence-corrected chi connectivity index (χ2v) is 8.78. The average molecular weight is 474 g/mol. The number of thioether (sulfide) groups is 1. The zero-order valence-corrected chi connectivity index (χ0v) is 19.6. The van der Waals surface area contributed by atoms with Crippen molar-refractivity contribution < 1.29 is 23.5 Å². The molecule has 2 aromatic rings. The Morgan fingerprint density at radius 3 is 2.52 bits per heavy atom. The molecule has 1 heterocycles. The van der Waals surface area contributed by atoms with Crippen molar-refractivity contribution in [2.75, 3.05) is 50.9 Å². The molecule has 1 saturated heterocycles. The molecular formula is C24H28FN3O4S. The van der Waals surface area contributed by atoms with Crippen LogP contribution in [0.25, 0.3) is 0 Å². The molecule has 1 N–H and O–H groups in total. The summed E-state index contributed by atoms with van der Waals surface area (Å²) in [5.74, 6) is 1.02. The standard InChI is InChI=1S/C24H28FN3O4S/c1-17(29)18-6-7-22(32-2)19(12-18)15-33-16-24(31)28-10-8-27(9-11-28)14-23(30)26-21-5-3-4-20(25)13-21/h3-7,12-13H,8-11,14-16H2,1-2H3,(H,26,30). The van der Waals surface area contributed by atoms with Crippen molar-refractivity contribution in [2.24, 2.45) is 0 Å². The van der Waals surface area contributed by atoms with Crippen molar-refractivity contribution in [3.05, 3.63) is 59.4 Å². The molecule has 9 heteroatoms. The monoisotopic (exact) mass is 473 g/mol. The van der Waals surface area contributed by atoms with Gasteiger partial charge in [0.1, 0.15) is 11.6 Å². The number of Topliss-reactive ketones (excluding diaryl/α,β-unsaturated/α-hetero) is 1. The maximum absolute atomic E-state index is 13.2. The molecule has 0 saturated carbocycles. The number of carbonyl (C=O) groups excluding carboxylic acids is 3. The number of benzene rings is 2. The number of hydrogen-bond acceptors (Lipinski definition) is 6. The van der Waals surface area contributed by atoms with E-state index in [1.54, 1.807) is 36.3 Å². The summed E-state index contributed by atoms with van der Waals surface area (Å²) in [6.45, 7) is 4.01. The number of ether oxygens (including phenoxy) is 1. The third-order valence-electron chi connectivity index (χ3n) is 5.37. The van der Waals surface area contributed by atoms with E-state index in [2.05, 4.69) is 5.32 Å². The molecule has 1 fully saturated rings. The summed E-state index contributed by atoms with van der Waals surface area (Å²) in [5, 5.41) is 2.69. The number of nitrogens with zero attached hydrogens (tertiary/aromatic N) is 2. The van der Waals surface area contributed by atoms with E-state index in [0.717, 1.165) is 5.56 Å². The first kappa shape index (κ1) is 24.7. The normalized spacial score (nSPS) is 14.1. The lowest BCUT2D eigenvalue weighted by Crippen LogP contribution is -2.50. The first-order valence-corrected chi connectivity index (χ1v) is 11.8. The lowest BCUT2D eigenvalue weighted by molar-refractivity contribution is -0.130. The van der Waals surface area contributed by atoms with E-state index in [-0.39, 0.29) is 24.1 Å². The van der Waals surface area contributed by atoms with Crippen LogP contribution in [0, 0.1) is 5.82 Å². The minimum Gasteiger partial charge on any atom is -0.496 e. The molecule has 0 aromatic heterocycles. The van der Waals surface area contributed by atoms with Gasteiger partial charge in [0, 0.05) is 48.7 Å². The van der Waals surface area contributed by atoms with Gasteiger partial charge in [-0.1, -0.05) is 6.07 Å². The fourth-order valence-corrected chi connectivity index (χ4v) is 4.48. The Morgan fingerprint density at radius 1 is 1.09 bits per heavy atom. The van der Waals surface area contributed by atoms with E-state index in [1.165, 1.54) is 30.8 Å². The predicted molar refractivity (Wildman–Crippen MR) is 127 cm³/mol. The topological polar surface area (TPSA) is 79.0 Å². The fourth-order valence-electron chi connectivity index (χ4n) is 3.58. The highest BCUT2D eigenvalue weighted by atomic mass is 32.2. The van der Waals surface area contributed by atoms with Crippen molar-refractivity contribution in [3.63, 3.8) is 0 Å². The van der Waals surface area contributed by atoms with E-state index in [9.17, 15) is 18.8 Å². The van der Waals surface area contributed by atoms with Gasteiger partial charge < -0.3 is 15.0 Å². The van der Waals surface area contributed by atoms with Crippen LogP contribution in [-0.2, 0) is 15.3 Å². The Kier molecular flexibility index (Phi) is 8.85. The van der Waals surface area contributed by atoms with E-state index in [0.29, 0.717) is 54.7 Å².